The van der Waals surface area contributed by atoms with E-state index in [4.69, 9.17) is 11.6 Å². The second-order valence-electron chi connectivity index (χ2n) is 4.01. The number of halogens is 1. The second kappa shape index (κ2) is 4.59. The monoisotopic (exact) mass is 260 g/mol. The van der Waals surface area contributed by atoms with Gasteiger partial charge in [0.1, 0.15) is 5.82 Å². The molecule has 2 rings (SSSR count). The Hall–Kier alpha value is -0.810. The van der Waals surface area contributed by atoms with E-state index >= 15 is 0 Å². The number of nitrogens with zero attached hydrogens (tertiary/aromatic N) is 1. The second-order valence-corrected chi connectivity index (χ2v) is 6.29. The van der Waals surface area contributed by atoms with Crippen LogP contribution >= 0.6 is 11.6 Å². The van der Waals surface area contributed by atoms with E-state index in [0.717, 1.165) is 19.3 Å². The highest BCUT2D eigenvalue weighted by Crippen LogP contribution is 2.32. The van der Waals surface area contributed by atoms with Crippen molar-refractivity contribution in [3.63, 3.8) is 0 Å². The van der Waals surface area contributed by atoms with Gasteiger partial charge in [0, 0.05) is 6.20 Å². The van der Waals surface area contributed by atoms with E-state index in [1.807, 2.05) is 0 Å². The van der Waals surface area contributed by atoms with E-state index in [1.54, 1.807) is 12.1 Å². The molecule has 0 aromatic carbocycles. The molecule has 1 aromatic heterocycles. The largest absolute Gasteiger partial charge is 0.267 e. The molecule has 0 bridgehead atoms. The third-order valence-electron chi connectivity index (χ3n) is 2.48. The minimum atomic E-state index is -3.26. The molecule has 1 fully saturated rings. The van der Waals surface area contributed by atoms with E-state index < -0.39 is 10.0 Å². The molecule has 0 radical (unpaired) electrons. The first-order valence-corrected chi connectivity index (χ1v) is 7.20. The SMILES string of the molecule is O=S(=O)(CCC1CC1)Nc1ccc(Cl)cn1. The number of anilines is 1. The van der Waals surface area contributed by atoms with Crippen molar-refractivity contribution in [3.05, 3.63) is 23.4 Å². The van der Waals surface area contributed by atoms with Crippen LogP contribution in [0.5, 0.6) is 0 Å². The quantitative estimate of drug-likeness (QED) is 0.884. The summed E-state index contributed by atoms with van der Waals surface area (Å²) in [5.74, 6) is 1.09. The van der Waals surface area contributed by atoms with Crippen LogP contribution < -0.4 is 4.72 Å². The maximum Gasteiger partial charge on any atom is 0.233 e. The van der Waals surface area contributed by atoms with Crippen LogP contribution in [0.25, 0.3) is 0 Å². The molecule has 1 aliphatic carbocycles. The lowest BCUT2D eigenvalue weighted by molar-refractivity contribution is 0.595. The Morgan fingerprint density at radius 1 is 1.44 bits per heavy atom. The molecule has 1 N–H and O–H groups in total. The topological polar surface area (TPSA) is 59.1 Å². The van der Waals surface area contributed by atoms with E-state index in [2.05, 4.69) is 9.71 Å². The van der Waals surface area contributed by atoms with Gasteiger partial charge in [0.15, 0.2) is 0 Å². The molecule has 0 spiro atoms. The lowest BCUT2D eigenvalue weighted by Gasteiger charge is -2.06. The highest BCUT2D eigenvalue weighted by atomic mass is 35.5. The Morgan fingerprint density at radius 3 is 2.75 bits per heavy atom. The zero-order chi connectivity index (χ0) is 11.6. The summed E-state index contributed by atoms with van der Waals surface area (Å²) in [4.78, 5) is 3.88. The van der Waals surface area contributed by atoms with Crippen molar-refractivity contribution in [1.29, 1.82) is 0 Å². The fourth-order valence-electron chi connectivity index (χ4n) is 1.37. The molecule has 0 unspecified atom stereocenters. The van der Waals surface area contributed by atoms with E-state index in [1.165, 1.54) is 6.20 Å². The zero-order valence-corrected chi connectivity index (χ0v) is 10.3. The summed E-state index contributed by atoms with van der Waals surface area (Å²) in [5.41, 5.74) is 0. The fourth-order valence-corrected chi connectivity index (χ4v) is 2.67. The Morgan fingerprint density at radius 2 is 2.19 bits per heavy atom. The lowest BCUT2D eigenvalue weighted by atomic mass is 10.3. The molecule has 1 aromatic rings. The molecule has 0 saturated heterocycles. The predicted octanol–water partition coefficient (Wildman–Crippen LogP) is 2.28. The number of nitrogens with one attached hydrogen (secondary N) is 1. The van der Waals surface area contributed by atoms with Crippen LogP contribution in [0.1, 0.15) is 19.3 Å². The predicted molar refractivity (Wildman–Crippen MR) is 64.0 cm³/mol. The molecule has 1 saturated carbocycles. The highest BCUT2D eigenvalue weighted by molar-refractivity contribution is 7.92. The van der Waals surface area contributed by atoms with Gasteiger partial charge in [0.25, 0.3) is 0 Å². The van der Waals surface area contributed by atoms with Crippen molar-refractivity contribution < 1.29 is 8.42 Å². The molecule has 88 valence electrons. The maximum atomic E-state index is 11.6. The normalized spacial score (nSPS) is 16.1. The summed E-state index contributed by atoms with van der Waals surface area (Å²) in [6.07, 6.45) is 4.48. The molecule has 6 heteroatoms. The van der Waals surface area contributed by atoms with Gasteiger partial charge in [-0.1, -0.05) is 24.4 Å². The number of aromatic nitrogens is 1. The summed E-state index contributed by atoms with van der Waals surface area (Å²) >= 11 is 5.65. The molecule has 0 amide bonds. The summed E-state index contributed by atoms with van der Waals surface area (Å²) in [7, 11) is -3.26. The minimum Gasteiger partial charge on any atom is -0.267 e. The average Bonchev–Trinajstić information content (AvgIpc) is 3.02. The van der Waals surface area contributed by atoms with Gasteiger partial charge in [0.2, 0.25) is 10.0 Å². The Kier molecular flexibility index (Phi) is 3.35. The van der Waals surface area contributed by atoms with E-state index in [0.29, 0.717) is 16.8 Å². The third-order valence-corrected chi connectivity index (χ3v) is 4.00. The molecular formula is C10H13ClN2O2S. The molecule has 1 aliphatic rings. The van der Waals surface area contributed by atoms with Gasteiger partial charge in [-0.2, -0.15) is 0 Å². The number of sulfonamides is 1. The first-order chi connectivity index (χ1) is 7.55. The van der Waals surface area contributed by atoms with Crippen LogP contribution in [0.15, 0.2) is 18.3 Å². The number of hydrogen-bond donors (Lipinski definition) is 1. The third kappa shape index (κ3) is 3.64. The first-order valence-electron chi connectivity index (χ1n) is 5.17. The smallest absolute Gasteiger partial charge is 0.233 e. The summed E-state index contributed by atoms with van der Waals surface area (Å²) in [6, 6.07) is 3.16. The van der Waals surface area contributed by atoms with Crippen LogP contribution in [0.4, 0.5) is 5.82 Å². The van der Waals surface area contributed by atoms with Gasteiger partial charge < -0.3 is 0 Å². The van der Waals surface area contributed by atoms with Crippen LogP contribution in [0, 0.1) is 5.92 Å². The van der Waals surface area contributed by atoms with Crippen LogP contribution in [-0.4, -0.2) is 19.2 Å². The molecule has 16 heavy (non-hydrogen) atoms. The van der Waals surface area contributed by atoms with E-state index in [9.17, 15) is 8.42 Å². The van der Waals surface area contributed by atoms with Gasteiger partial charge in [-0.25, -0.2) is 13.4 Å². The Balaban J connectivity index is 1.93. The molecule has 4 nitrogen and oxygen atoms in total. The lowest BCUT2D eigenvalue weighted by Crippen LogP contribution is -2.17. The number of hydrogen-bond acceptors (Lipinski definition) is 3. The van der Waals surface area contributed by atoms with Crippen LogP contribution in [0.3, 0.4) is 0 Å². The van der Waals surface area contributed by atoms with Crippen LogP contribution in [0.2, 0.25) is 5.02 Å². The molecule has 0 atom stereocenters. The van der Waals surface area contributed by atoms with Gasteiger partial charge >= 0.3 is 0 Å². The maximum absolute atomic E-state index is 11.6. The summed E-state index contributed by atoms with van der Waals surface area (Å²) < 4.78 is 25.7. The zero-order valence-electron chi connectivity index (χ0n) is 8.69. The number of rotatable bonds is 5. The molecule has 0 aliphatic heterocycles. The fraction of sp³-hybridized carbons (Fsp3) is 0.500. The average molecular weight is 261 g/mol. The van der Waals surface area contributed by atoms with Gasteiger partial charge in [0.05, 0.1) is 10.8 Å². The van der Waals surface area contributed by atoms with Crippen molar-refractivity contribution in [1.82, 2.24) is 4.98 Å². The van der Waals surface area contributed by atoms with Gasteiger partial charge in [-0.15, -0.1) is 0 Å². The minimum absolute atomic E-state index is 0.169. The Bertz CT molecular complexity index is 454. The summed E-state index contributed by atoms with van der Waals surface area (Å²) in [6.45, 7) is 0. The van der Waals surface area contributed by atoms with Crippen molar-refractivity contribution in [3.8, 4) is 0 Å². The Labute approximate surface area is 100 Å². The van der Waals surface area contributed by atoms with E-state index in [-0.39, 0.29) is 5.75 Å². The van der Waals surface area contributed by atoms with Crippen molar-refractivity contribution >= 4 is 27.4 Å². The van der Waals surface area contributed by atoms with Crippen molar-refractivity contribution in [2.45, 2.75) is 19.3 Å². The van der Waals surface area contributed by atoms with Gasteiger partial charge in [-0.05, 0) is 24.5 Å². The molecular weight excluding hydrogens is 248 g/mol. The summed E-state index contributed by atoms with van der Waals surface area (Å²) in [5, 5.41) is 0.487. The van der Waals surface area contributed by atoms with Gasteiger partial charge in [-0.3, -0.25) is 4.72 Å². The highest BCUT2D eigenvalue weighted by Gasteiger charge is 2.23. The van der Waals surface area contributed by atoms with Crippen LogP contribution in [-0.2, 0) is 10.0 Å². The van der Waals surface area contributed by atoms with Crippen molar-refractivity contribution in [2.24, 2.45) is 5.92 Å². The van der Waals surface area contributed by atoms with Crippen molar-refractivity contribution in [2.75, 3.05) is 10.5 Å². The molecule has 1 heterocycles. The number of pyridine rings is 1. The standard InChI is InChI=1S/C10H13ClN2O2S/c11-9-3-4-10(12-7-9)13-16(14,15)6-5-8-1-2-8/h3-4,7-8H,1-2,5-6H2,(H,12,13). The first kappa shape index (κ1) is 11.7.